The van der Waals surface area contributed by atoms with Gasteiger partial charge < -0.3 is 15.2 Å². The molecule has 0 bridgehead atoms. The molecule has 8 heteroatoms. The number of hydrogen-bond acceptors (Lipinski definition) is 6. The smallest absolute Gasteiger partial charge is 0.322 e. The molecular weight excluding hydrogens is 320 g/mol. The molecule has 1 rings (SSSR count). The summed E-state index contributed by atoms with van der Waals surface area (Å²) in [5.74, 6) is -0.201. The van der Waals surface area contributed by atoms with E-state index in [0.29, 0.717) is 5.75 Å². The number of methoxy groups -OCH3 is 1. The number of halogens is 1. The fraction of sp³-hybridized carbons (Fsp3) is 0.364. The van der Waals surface area contributed by atoms with E-state index in [1.54, 1.807) is 6.07 Å². The molecule has 1 atom stereocenters. The molecule has 0 spiro atoms. The predicted molar refractivity (Wildman–Crippen MR) is 70.9 cm³/mol. The Balaban J connectivity index is 2.62. The third kappa shape index (κ3) is 4.18. The molecule has 0 aliphatic carbocycles. The Kier molecular flexibility index (Phi) is 5.71. The first-order chi connectivity index (χ1) is 8.97. The van der Waals surface area contributed by atoms with Crippen LogP contribution < -0.4 is 10.5 Å². The topological polar surface area (TPSA) is 105 Å². The van der Waals surface area contributed by atoms with Crippen molar-refractivity contribution in [3.63, 3.8) is 0 Å². The van der Waals surface area contributed by atoms with E-state index in [2.05, 4.69) is 20.7 Å². The van der Waals surface area contributed by atoms with Gasteiger partial charge in [0, 0.05) is 12.5 Å². The monoisotopic (exact) mass is 332 g/mol. The second kappa shape index (κ2) is 7.05. The molecule has 1 unspecified atom stereocenters. The first-order valence-electron chi connectivity index (χ1n) is 5.36. The number of carbonyl (C=O) groups is 1. The van der Waals surface area contributed by atoms with Gasteiger partial charge in [-0.15, -0.1) is 0 Å². The van der Waals surface area contributed by atoms with Crippen molar-refractivity contribution in [1.82, 2.24) is 0 Å². The van der Waals surface area contributed by atoms with E-state index in [9.17, 15) is 14.9 Å². The quantitative estimate of drug-likeness (QED) is 0.482. The lowest BCUT2D eigenvalue weighted by molar-refractivity contribution is -0.385. The number of nitro benzene ring substituents is 1. The number of nitro groups is 1. The van der Waals surface area contributed by atoms with Crippen molar-refractivity contribution in [2.75, 3.05) is 13.7 Å². The number of hydrogen-bond donors (Lipinski definition) is 1. The number of nitrogens with two attached hydrogens (primary N) is 1. The first kappa shape index (κ1) is 15.4. The molecule has 0 heterocycles. The van der Waals surface area contributed by atoms with Crippen LogP contribution in [0.15, 0.2) is 22.7 Å². The normalized spacial score (nSPS) is 11.7. The Labute approximate surface area is 118 Å². The Hall–Kier alpha value is -1.67. The highest BCUT2D eigenvalue weighted by atomic mass is 79.9. The van der Waals surface area contributed by atoms with Gasteiger partial charge in [0.2, 0.25) is 0 Å². The molecule has 0 saturated carbocycles. The highest BCUT2D eigenvalue weighted by Gasteiger charge is 2.17. The largest absolute Gasteiger partial charge is 0.492 e. The van der Waals surface area contributed by atoms with Crippen molar-refractivity contribution in [1.29, 1.82) is 0 Å². The van der Waals surface area contributed by atoms with Gasteiger partial charge in [-0.25, -0.2) is 0 Å². The van der Waals surface area contributed by atoms with Gasteiger partial charge in [-0.05, 0) is 22.0 Å². The minimum atomic E-state index is -0.775. The zero-order chi connectivity index (χ0) is 14.4. The summed E-state index contributed by atoms with van der Waals surface area (Å²) in [6, 6.07) is 3.68. The van der Waals surface area contributed by atoms with Gasteiger partial charge in [-0.2, -0.15) is 0 Å². The van der Waals surface area contributed by atoms with Crippen LogP contribution in [0.2, 0.25) is 0 Å². The van der Waals surface area contributed by atoms with E-state index in [0.717, 1.165) is 0 Å². The second-order valence-corrected chi connectivity index (χ2v) is 4.41. The van der Waals surface area contributed by atoms with Crippen LogP contribution in [0.1, 0.15) is 6.42 Å². The Bertz CT molecular complexity index is 480. The highest BCUT2D eigenvalue weighted by molar-refractivity contribution is 9.10. The van der Waals surface area contributed by atoms with Crippen LogP contribution in [0.4, 0.5) is 5.69 Å². The Morgan fingerprint density at radius 2 is 2.26 bits per heavy atom. The van der Waals surface area contributed by atoms with Gasteiger partial charge in [-0.3, -0.25) is 14.9 Å². The average molecular weight is 333 g/mol. The predicted octanol–water partition coefficient (Wildman–Crippen LogP) is 1.63. The van der Waals surface area contributed by atoms with Gasteiger partial charge in [-0.1, -0.05) is 6.07 Å². The number of benzene rings is 1. The molecule has 0 aromatic heterocycles. The summed E-state index contributed by atoms with van der Waals surface area (Å²) in [6.07, 6.45) is 0.252. The molecule has 0 amide bonds. The summed E-state index contributed by atoms with van der Waals surface area (Å²) in [5.41, 5.74) is 5.45. The number of esters is 1. The summed E-state index contributed by atoms with van der Waals surface area (Å²) in [5, 5.41) is 10.7. The standard InChI is InChI=1S/C11H13BrN2O5/c1-18-11(15)7(13)5-6-19-9-4-2-3-8(10(9)12)14(16)17/h2-4,7H,5-6,13H2,1H3. The van der Waals surface area contributed by atoms with Crippen LogP contribution in [0.3, 0.4) is 0 Å². The van der Waals surface area contributed by atoms with Crippen molar-refractivity contribution in [3.05, 3.63) is 32.8 Å². The molecule has 19 heavy (non-hydrogen) atoms. The molecule has 1 aromatic rings. The SMILES string of the molecule is COC(=O)C(N)CCOc1cccc([N+](=O)[O-])c1Br. The van der Waals surface area contributed by atoms with E-state index in [-0.39, 0.29) is 23.2 Å². The molecular formula is C11H13BrN2O5. The van der Waals surface area contributed by atoms with Gasteiger partial charge >= 0.3 is 5.97 Å². The van der Waals surface area contributed by atoms with Crippen LogP contribution in [0, 0.1) is 10.1 Å². The lowest BCUT2D eigenvalue weighted by Gasteiger charge is -2.11. The summed E-state index contributed by atoms with van der Waals surface area (Å²) in [6.45, 7) is 0.149. The number of rotatable bonds is 6. The third-order valence-corrected chi connectivity index (χ3v) is 3.13. The summed E-state index contributed by atoms with van der Waals surface area (Å²) < 4.78 is 10.1. The zero-order valence-electron chi connectivity index (χ0n) is 10.2. The fourth-order valence-electron chi connectivity index (χ4n) is 1.32. The fourth-order valence-corrected chi connectivity index (χ4v) is 1.84. The number of carbonyl (C=O) groups excluding carboxylic acids is 1. The van der Waals surface area contributed by atoms with Crippen molar-refractivity contribution >= 4 is 27.6 Å². The number of nitrogens with zero attached hydrogens (tertiary/aromatic N) is 1. The van der Waals surface area contributed by atoms with Gasteiger partial charge in [0.1, 0.15) is 16.3 Å². The van der Waals surface area contributed by atoms with Crippen LogP contribution in [-0.2, 0) is 9.53 Å². The van der Waals surface area contributed by atoms with E-state index in [4.69, 9.17) is 10.5 Å². The van der Waals surface area contributed by atoms with Gasteiger partial charge in [0.05, 0.1) is 18.6 Å². The molecule has 7 nitrogen and oxygen atoms in total. The molecule has 104 valence electrons. The average Bonchev–Trinajstić information content (AvgIpc) is 2.39. The zero-order valence-corrected chi connectivity index (χ0v) is 11.8. The van der Waals surface area contributed by atoms with E-state index in [1.165, 1.54) is 19.2 Å². The van der Waals surface area contributed by atoms with Crippen LogP contribution >= 0.6 is 15.9 Å². The minimum Gasteiger partial charge on any atom is -0.492 e. The molecule has 0 aliphatic heterocycles. The second-order valence-electron chi connectivity index (χ2n) is 3.61. The summed E-state index contributed by atoms with van der Waals surface area (Å²) in [4.78, 5) is 21.3. The summed E-state index contributed by atoms with van der Waals surface area (Å²) >= 11 is 3.10. The van der Waals surface area contributed by atoms with Crippen molar-refractivity contribution in [2.45, 2.75) is 12.5 Å². The molecule has 0 aliphatic rings. The lowest BCUT2D eigenvalue weighted by atomic mass is 10.2. The van der Waals surface area contributed by atoms with Crippen molar-refractivity contribution < 1.29 is 19.2 Å². The summed E-state index contributed by atoms with van der Waals surface area (Å²) in [7, 11) is 1.25. The van der Waals surface area contributed by atoms with Gasteiger partial charge in [0.15, 0.2) is 0 Å². The maximum Gasteiger partial charge on any atom is 0.322 e. The number of ether oxygens (including phenoxy) is 2. The van der Waals surface area contributed by atoms with Crippen LogP contribution in [0.25, 0.3) is 0 Å². The van der Waals surface area contributed by atoms with E-state index < -0.39 is 16.9 Å². The molecule has 0 saturated heterocycles. The third-order valence-electron chi connectivity index (χ3n) is 2.33. The maximum atomic E-state index is 11.1. The molecule has 0 radical (unpaired) electrons. The molecule has 2 N–H and O–H groups in total. The van der Waals surface area contributed by atoms with E-state index in [1.807, 2.05) is 0 Å². The van der Waals surface area contributed by atoms with Crippen LogP contribution in [0.5, 0.6) is 5.75 Å². The Morgan fingerprint density at radius 3 is 2.84 bits per heavy atom. The van der Waals surface area contributed by atoms with Crippen LogP contribution in [-0.4, -0.2) is 30.7 Å². The lowest BCUT2D eigenvalue weighted by Crippen LogP contribution is -2.33. The van der Waals surface area contributed by atoms with Gasteiger partial charge in [0.25, 0.3) is 5.69 Å². The van der Waals surface area contributed by atoms with E-state index >= 15 is 0 Å². The molecule has 1 aromatic carbocycles. The molecule has 0 fully saturated rings. The van der Waals surface area contributed by atoms with Crippen molar-refractivity contribution in [3.8, 4) is 5.75 Å². The minimum absolute atomic E-state index is 0.0882. The highest BCUT2D eigenvalue weighted by Crippen LogP contribution is 2.33. The maximum absolute atomic E-state index is 11.1. The first-order valence-corrected chi connectivity index (χ1v) is 6.15. The van der Waals surface area contributed by atoms with Crippen molar-refractivity contribution in [2.24, 2.45) is 5.73 Å². The Morgan fingerprint density at radius 1 is 1.58 bits per heavy atom.